The van der Waals surface area contributed by atoms with Gasteiger partial charge in [0.05, 0.1) is 13.2 Å². The molecule has 0 aromatic heterocycles. The monoisotopic (exact) mass is 213 g/mol. The normalized spacial score (nSPS) is 30.0. The van der Waals surface area contributed by atoms with Gasteiger partial charge < -0.3 is 10.1 Å². The predicted octanol–water partition coefficient (Wildman–Crippen LogP) is 2.68. The van der Waals surface area contributed by atoms with E-state index in [0.29, 0.717) is 22.8 Å². The number of rotatable bonds is 0. The number of hydrogen-bond donors (Lipinski definition) is 1. The molecule has 0 amide bonds. The van der Waals surface area contributed by atoms with Crippen LogP contribution in [0.25, 0.3) is 0 Å². The summed E-state index contributed by atoms with van der Waals surface area (Å²) in [5.74, 6) is 0.583. The Labute approximate surface area is 94.8 Å². The molecule has 1 rings (SSSR count). The minimum Gasteiger partial charge on any atom is -0.380 e. The van der Waals surface area contributed by atoms with E-state index in [9.17, 15) is 0 Å². The second-order valence-electron chi connectivity index (χ2n) is 6.85. The van der Waals surface area contributed by atoms with Gasteiger partial charge in [-0.2, -0.15) is 0 Å². The molecule has 2 atom stereocenters. The van der Waals surface area contributed by atoms with Crippen molar-refractivity contribution in [2.75, 3.05) is 19.8 Å². The van der Waals surface area contributed by atoms with E-state index in [-0.39, 0.29) is 0 Å². The van der Waals surface area contributed by atoms with Crippen LogP contribution in [0.15, 0.2) is 0 Å². The topological polar surface area (TPSA) is 21.3 Å². The summed E-state index contributed by atoms with van der Waals surface area (Å²) in [5.41, 5.74) is 0.598. The molecule has 1 N–H and O–H groups in total. The third-order valence-electron chi connectivity index (χ3n) is 3.36. The van der Waals surface area contributed by atoms with Crippen molar-refractivity contribution in [2.24, 2.45) is 16.7 Å². The lowest BCUT2D eigenvalue weighted by Crippen LogP contribution is -2.50. The van der Waals surface area contributed by atoms with Crippen LogP contribution in [-0.4, -0.2) is 25.8 Å². The highest BCUT2D eigenvalue weighted by molar-refractivity contribution is 4.93. The third-order valence-corrected chi connectivity index (χ3v) is 3.36. The fourth-order valence-electron chi connectivity index (χ4n) is 2.40. The fourth-order valence-corrected chi connectivity index (χ4v) is 2.40. The van der Waals surface area contributed by atoms with E-state index in [0.717, 1.165) is 19.8 Å². The maximum absolute atomic E-state index is 5.70. The van der Waals surface area contributed by atoms with Gasteiger partial charge in [-0.3, -0.25) is 0 Å². The van der Waals surface area contributed by atoms with Gasteiger partial charge in [0.15, 0.2) is 0 Å². The van der Waals surface area contributed by atoms with Crippen molar-refractivity contribution >= 4 is 0 Å². The molecule has 2 nitrogen and oxygen atoms in total. The van der Waals surface area contributed by atoms with Crippen LogP contribution in [0.4, 0.5) is 0 Å². The molecule has 0 aromatic carbocycles. The van der Waals surface area contributed by atoms with Crippen molar-refractivity contribution < 1.29 is 4.74 Å². The molecule has 0 bridgehead atoms. The molecular weight excluding hydrogens is 186 g/mol. The summed E-state index contributed by atoms with van der Waals surface area (Å²) in [6, 6.07) is 0.542. The van der Waals surface area contributed by atoms with Gasteiger partial charge in [0.25, 0.3) is 0 Å². The first-order chi connectivity index (χ1) is 6.73. The number of nitrogens with one attached hydrogen (secondary N) is 1. The third kappa shape index (κ3) is 3.46. The van der Waals surface area contributed by atoms with Crippen molar-refractivity contribution in [3.8, 4) is 0 Å². The molecule has 0 radical (unpaired) electrons. The van der Waals surface area contributed by atoms with E-state index in [2.05, 4.69) is 46.9 Å². The van der Waals surface area contributed by atoms with Crippen molar-refractivity contribution in [1.29, 1.82) is 0 Å². The minimum atomic E-state index is 0.297. The van der Waals surface area contributed by atoms with Crippen molar-refractivity contribution in [2.45, 2.75) is 47.6 Å². The summed E-state index contributed by atoms with van der Waals surface area (Å²) >= 11 is 0. The zero-order valence-electron chi connectivity index (χ0n) is 11.2. The molecule has 1 heterocycles. The van der Waals surface area contributed by atoms with Crippen LogP contribution in [-0.2, 0) is 4.74 Å². The van der Waals surface area contributed by atoms with Crippen LogP contribution in [0, 0.1) is 16.7 Å². The molecule has 1 fully saturated rings. The summed E-state index contributed by atoms with van der Waals surface area (Å²) in [6.45, 7) is 16.6. The van der Waals surface area contributed by atoms with Gasteiger partial charge in [-0.25, -0.2) is 0 Å². The summed E-state index contributed by atoms with van der Waals surface area (Å²) in [7, 11) is 0. The Hall–Kier alpha value is -0.0800. The van der Waals surface area contributed by atoms with Crippen LogP contribution in [0.1, 0.15) is 41.5 Å². The zero-order chi connectivity index (χ0) is 11.7. The molecular formula is C13H27NO. The van der Waals surface area contributed by atoms with Gasteiger partial charge in [-0.1, -0.05) is 41.5 Å². The van der Waals surface area contributed by atoms with Gasteiger partial charge >= 0.3 is 0 Å². The molecule has 2 unspecified atom stereocenters. The van der Waals surface area contributed by atoms with E-state index < -0.39 is 0 Å². The fraction of sp³-hybridized carbons (Fsp3) is 1.00. The van der Waals surface area contributed by atoms with Gasteiger partial charge in [0, 0.05) is 18.5 Å². The first-order valence-corrected chi connectivity index (χ1v) is 6.04. The van der Waals surface area contributed by atoms with Crippen molar-refractivity contribution in [3.05, 3.63) is 0 Å². The molecule has 0 spiro atoms. The lowest BCUT2D eigenvalue weighted by atomic mass is 9.68. The molecule has 0 saturated carbocycles. The van der Waals surface area contributed by atoms with Gasteiger partial charge in [0.2, 0.25) is 0 Å². The molecule has 1 aliphatic rings. The number of ether oxygens (including phenoxy) is 1. The smallest absolute Gasteiger partial charge is 0.0591 e. The van der Waals surface area contributed by atoms with E-state index in [1.807, 2.05) is 0 Å². The second-order valence-corrected chi connectivity index (χ2v) is 6.85. The van der Waals surface area contributed by atoms with Crippen LogP contribution in [0.3, 0.4) is 0 Å². The largest absolute Gasteiger partial charge is 0.380 e. The second kappa shape index (κ2) is 4.42. The van der Waals surface area contributed by atoms with Gasteiger partial charge in [0.1, 0.15) is 0 Å². The van der Waals surface area contributed by atoms with E-state index in [4.69, 9.17) is 4.74 Å². The summed E-state index contributed by atoms with van der Waals surface area (Å²) in [6.07, 6.45) is 0. The molecule has 2 heteroatoms. The van der Waals surface area contributed by atoms with Gasteiger partial charge in [-0.05, 0) is 10.8 Å². The number of hydrogen-bond acceptors (Lipinski definition) is 2. The molecule has 0 aromatic rings. The first kappa shape index (κ1) is 13.0. The average molecular weight is 213 g/mol. The van der Waals surface area contributed by atoms with Crippen LogP contribution >= 0.6 is 0 Å². The van der Waals surface area contributed by atoms with Crippen LogP contribution < -0.4 is 5.32 Å². The maximum atomic E-state index is 5.70. The molecule has 1 aliphatic heterocycles. The van der Waals surface area contributed by atoms with E-state index >= 15 is 0 Å². The Morgan fingerprint density at radius 2 is 1.60 bits per heavy atom. The first-order valence-electron chi connectivity index (χ1n) is 6.04. The van der Waals surface area contributed by atoms with Crippen molar-refractivity contribution in [3.63, 3.8) is 0 Å². The molecule has 0 aliphatic carbocycles. The van der Waals surface area contributed by atoms with Crippen LogP contribution in [0.2, 0.25) is 0 Å². The molecule has 1 saturated heterocycles. The highest BCUT2D eigenvalue weighted by Gasteiger charge is 2.39. The molecule has 15 heavy (non-hydrogen) atoms. The Morgan fingerprint density at radius 1 is 1.00 bits per heavy atom. The Morgan fingerprint density at radius 3 is 2.07 bits per heavy atom. The summed E-state index contributed by atoms with van der Waals surface area (Å²) < 4.78 is 5.70. The highest BCUT2D eigenvalue weighted by atomic mass is 16.5. The standard InChI is InChI=1S/C13H27NO/c1-12(2,3)10-9-15-8-7-14-11(10)13(4,5)6/h10-11,14H,7-9H2,1-6H3. The van der Waals surface area contributed by atoms with Crippen LogP contribution in [0.5, 0.6) is 0 Å². The molecule has 90 valence electrons. The minimum absolute atomic E-state index is 0.297. The summed E-state index contributed by atoms with van der Waals surface area (Å²) in [4.78, 5) is 0. The quantitative estimate of drug-likeness (QED) is 0.668. The van der Waals surface area contributed by atoms with Crippen molar-refractivity contribution in [1.82, 2.24) is 5.32 Å². The average Bonchev–Trinajstić information content (AvgIpc) is 2.24. The van der Waals surface area contributed by atoms with Gasteiger partial charge in [-0.15, -0.1) is 0 Å². The maximum Gasteiger partial charge on any atom is 0.0591 e. The SMILES string of the molecule is CC(C)(C)C1COCCNC1C(C)(C)C. The summed E-state index contributed by atoms with van der Waals surface area (Å²) in [5, 5.41) is 3.65. The van der Waals surface area contributed by atoms with E-state index in [1.165, 1.54) is 0 Å². The zero-order valence-corrected chi connectivity index (χ0v) is 11.2. The Kier molecular flexibility index (Phi) is 3.83. The van der Waals surface area contributed by atoms with E-state index in [1.54, 1.807) is 0 Å². The Balaban J connectivity index is 2.86. The Bertz CT molecular complexity index is 178. The highest BCUT2D eigenvalue weighted by Crippen LogP contribution is 2.37. The lowest BCUT2D eigenvalue weighted by Gasteiger charge is -2.42. The lowest BCUT2D eigenvalue weighted by molar-refractivity contribution is 0.0403. The predicted molar refractivity (Wildman–Crippen MR) is 65.0 cm³/mol.